The second-order valence-corrected chi connectivity index (χ2v) is 5.48. The highest BCUT2D eigenvalue weighted by Gasteiger charge is 2.29. The van der Waals surface area contributed by atoms with E-state index in [0.29, 0.717) is 37.8 Å². The molecule has 7 nitrogen and oxygen atoms in total. The van der Waals surface area contributed by atoms with E-state index in [-0.39, 0.29) is 5.91 Å². The van der Waals surface area contributed by atoms with Crippen LogP contribution in [0.15, 0.2) is 12.4 Å². The van der Waals surface area contributed by atoms with Gasteiger partial charge in [0.2, 0.25) is 5.91 Å². The number of rotatable bonds is 4. The van der Waals surface area contributed by atoms with Crippen LogP contribution in [-0.2, 0) is 9.53 Å². The fourth-order valence-corrected chi connectivity index (χ4v) is 2.71. The third kappa shape index (κ3) is 3.23. The van der Waals surface area contributed by atoms with Gasteiger partial charge in [-0.2, -0.15) is 10.4 Å². The Hall–Kier alpha value is -1.91. The highest BCUT2D eigenvalue weighted by Crippen LogP contribution is 2.20. The van der Waals surface area contributed by atoms with Crippen LogP contribution in [0.3, 0.4) is 0 Å². The SMILES string of the molecule is N#Cc1cnn(C2CN(CCN3CCOCCC3=O)C2)c1. The van der Waals surface area contributed by atoms with E-state index in [2.05, 4.69) is 16.1 Å². The van der Waals surface area contributed by atoms with Crippen LogP contribution in [0.1, 0.15) is 18.0 Å². The van der Waals surface area contributed by atoms with Crippen LogP contribution in [0.25, 0.3) is 0 Å². The molecule has 0 radical (unpaired) electrons. The van der Waals surface area contributed by atoms with Crippen LogP contribution in [0, 0.1) is 11.3 Å². The third-order valence-electron chi connectivity index (χ3n) is 4.05. The normalized spacial score (nSPS) is 20.9. The lowest BCUT2D eigenvalue weighted by atomic mass is 10.1. The summed E-state index contributed by atoms with van der Waals surface area (Å²) < 4.78 is 7.18. The van der Waals surface area contributed by atoms with Crippen LogP contribution in [0.5, 0.6) is 0 Å². The Morgan fingerprint density at radius 3 is 3.00 bits per heavy atom. The molecule has 3 heterocycles. The number of nitriles is 1. The summed E-state index contributed by atoms with van der Waals surface area (Å²) in [6.07, 6.45) is 3.88. The lowest BCUT2D eigenvalue weighted by molar-refractivity contribution is -0.130. The molecule has 2 aliphatic heterocycles. The zero-order valence-electron chi connectivity index (χ0n) is 11.9. The van der Waals surface area contributed by atoms with Crippen molar-refractivity contribution >= 4 is 5.91 Å². The van der Waals surface area contributed by atoms with Crippen molar-refractivity contribution < 1.29 is 9.53 Å². The lowest BCUT2D eigenvalue weighted by Crippen LogP contribution is -2.51. The Morgan fingerprint density at radius 2 is 2.24 bits per heavy atom. The first-order chi connectivity index (χ1) is 10.3. The molecule has 1 aromatic rings. The Labute approximate surface area is 123 Å². The number of likely N-dealkylation sites (tertiary alicyclic amines) is 1. The Balaban J connectivity index is 1.42. The molecule has 0 aliphatic carbocycles. The van der Waals surface area contributed by atoms with Gasteiger partial charge in [0.25, 0.3) is 0 Å². The van der Waals surface area contributed by atoms with Gasteiger partial charge in [0, 0.05) is 38.9 Å². The number of carbonyl (C=O) groups excluding carboxylic acids is 1. The molecule has 1 amide bonds. The standard InChI is InChI=1S/C14H19N5O2/c15-7-12-8-16-19(9-12)13-10-17(11-13)2-3-18-4-6-21-5-1-14(18)20/h8-9,13H,1-6,10-11H2. The number of hydrogen-bond donors (Lipinski definition) is 0. The molecule has 112 valence electrons. The van der Waals surface area contributed by atoms with E-state index < -0.39 is 0 Å². The maximum Gasteiger partial charge on any atom is 0.225 e. The second-order valence-electron chi connectivity index (χ2n) is 5.48. The predicted octanol–water partition coefficient (Wildman–Crippen LogP) is -0.140. The highest BCUT2D eigenvalue weighted by atomic mass is 16.5. The average Bonchev–Trinajstić information content (AvgIpc) is 2.82. The van der Waals surface area contributed by atoms with Gasteiger partial charge in [-0.25, -0.2) is 0 Å². The fourth-order valence-electron chi connectivity index (χ4n) is 2.71. The van der Waals surface area contributed by atoms with E-state index >= 15 is 0 Å². The smallest absolute Gasteiger partial charge is 0.225 e. The number of carbonyl (C=O) groups is 1. The summed E-state index contributed by atoms with van der Waals surface area (Å²) in [4.78, 5) is 16.0. The van der Waals surface area contributed by atoms with Crippen LogP contribution in [0.4, 0.5) is 0 Å². The Kier molecular flexibility index (Phi) is 4.18. The van der Waals surface area contributed by atoms with Crippen molar-refractivity contribution in [3.63, 3.8) is 0 Å². The topological polar surface area (TPSA) is 74.4 Å². The molecule has 1 aromatic heterocycles. The van der Waals surface area contributed by atoms with Crippen LogP contribution in [0.2, 0.25) is 0 Å². The van der Waals surface area contributed by atoms with Crippen LogP contribution >= 0.6 is 0 Å². The first-order valence-electron chi connectivity index (χ1n) is 7.28. The van der Waals surface area contributed by atoms with Gasteiger partial charge in [0.05, 0.1) is 37.4 Å². The molecule has 0 N–H and O–H groups in total. The van der Waals surface area contributed by atoms with Crippen molar-refractivity contribution in [3.05, 3.63) is 18.0 Å². The predicted molar refractivity (Wildman–Crippen MR) is 74.4 cm³/mol. The zero-order valence-corrected chi connectivity index (χ0v) is 11.9. The van der Waals surface area contributed by atoms with Gasteiger partial charge < -0.3 is 9.64 Å². The molecule has 0 atom stereocenters. The summed E-state index contributed by atoms with van der Waals surface area (Å²) >= 11 is 0. The zero-order chi connectivity index (χ0) is 14.7. The summed E-state index contributed by atoms with van der Waals surface area (Å²) in [5.74, 6) is 0.190. The molecule has 21 heavy (non-hydrogen) atoms. The van der Waals surface area contributed by atoms with Gasteiger partial charge in [-0.05, 0) is 0 Å². The average molecular weight is 289 g/mol. The molecular formula is C14H19N5O2. The highest BCUT2D eigenvalue weighted by molar-refractivity contribution is 5.76. The molecular weight excluding hydrogens is 270 g/mol. The summed E-state index contributed by atoms with van der Waals surface area (Å²) in [5.41, 5.74) is 0.601. The van der Waals surface area contributed by atoms with Gasteiger partial charge in [0.1, 0.15) is 6.07 Å². The minimum absolute atomic E-state index is 0.190. The molecule has 0 spiro atoms. The summed E-state index contributed by atoms with van der Waals surface area (Å²) in [7, 11) is 0. The van der Waals surface area contributed by atoms with E-state index in [1.165, 1.54) is 0 Å². The largest absolute Gasteiger partial charge is 0.379 e. The van der Waals surface area contributed by atoms with E-state index in [0.717, 1.165) is 26.2 Å². The fraction of sp³-hybridized carbons (Fsp3) is 0.643. The third-order valence-corrected chi connectivity index (χ3v) is 4.05. The summed E-state index contributed by atoms with van der Waals surface area (Å²) in [5, 5.41) is 13.0. The minimum atomic E-state index is 0.190. The number of amides is 1. The van der Waals surface area contributed by atoms with Crippen molar-refractivity contribution in [2.45, 2.75) is 12.5 Å². The number of ether oxygens (including phenoxy) is 1. The lowest BCUT2D eigenvalue weighted by Gasteiger charge is -2.40. The van der Waals surface area contributed by atoms with Crippen molar-refractivity contribution in [2.75, 3.05) is 45.9 Å². The van der Waals surface area contributed by atoms with Gasteiger partial charge in [-0.3, -0.25) is 14.4 Å². The van der Waals surface area contributed by atoms with E-state index in [4.69, 9.17) is 10.00 Å². The van der Waals surface area contributed by atoms with Crippen molar-refractivity contribution in [1.29, 1.82) is 5.26 Å². The number of aromatic nitrogens is 2. The molecule has 7 heteroatoms. The maximum absolute atomic E-state index is 11.8. The quantitative estimate of drug-likeness (QED) is 0.771. The van der Waals surface area contributed by atoms with Gasteiger partial charge in [0.15, 0.2) is 0 Å². The Bertz CT molecular complexity index is 544. The second kappa shape index (κ2) is 6.24. The Morgan fingerprint density at radius 1 is 1.38 bits per heavy atom. The van der Waals surface area contributed by atoms with Crippen LogP contribution < -0.4 is 0 Å². The van der Waals surface area contributed by atoms with E-state index in [1.807, 2.05) is 9.58 Å². The summed E-state index contributed by atoms with van der Waals surface area (Å²) in [6.45, 7) is 5.36. The maximum atomic E-state index is 11.8. The minimum Gasteiger partial charge on any atom is -0.379 e. The monoisotopic (exact) mass is 289 g/mol. The van der Waals surface area contributed by atoms with Gasteiger partial charge in [-0.15, -0.1) is 0 Å². The van der Waals surface area contributed by atoms with Crippen molar-refractivity contribution in [3.8, 4) is 6.07 Å². The molecule has 0 unspecified atom stereocenters. The number of nitrogens with zero attached hydrogens (tertiary/aromatic N) is 5. The molecule has 0 aromatic carbocycles. The molecule has 2 saturated heterocycles. The number of hydrogen-bond acceptors (Lipinski definition) is 5. The van der Waals surface area contributed by atoms with Crippen molar-refractivity contribution in [2.24, 2.45) is 0 Å². The molecule has 0 saturated carbocycles. The van der Waals surface area contributed by atoms with Crippen molar-refractivity contribution in [1.82, 2.24) is 19.6 Å². The molecule has 2 fully saturated rings. The van der Waals surface area contributed by atoms with Gasteiger partial charge in [-0.1, -0.05) is 0 Å². The molecule has 0 bridgehead atoms. The first kappa shape index (κ1) is 14.0. The molecule has 2 aliphatic rings. The van der Waals surface area contributed by atoms with E-state index in [9.17, 15) is 4.79 Å². The molecule has 3 rings (SSSR count). The summed E-state index contributed by atoms with van der Waals surface area (Å²) in [6, 6.07) is 2.43. The first-order valence-corrected chi connectivity index (χ1v) is 7.28. The van der Waals surface area contributed by atoms with Gasteiger partial charge >= 0.3 is 0 Å². The van der Waals surface area contributed by atoms with E-state index in [1.54, 1.807) is 12.4 Å². The van der Waals surface area contributed by atoms with Crippen LogP contribution in [-0.4, -0.2) is 71.4 Å².